The van der Waals surface area contributed by atoms with Crippen LogP contribution in [0.1, 0.15) is 33.6 Å². The number of hydrogen-bond acceptors (Lipinski definition) is 6. The second-order valence-corrected chi connectivity index (χ2v) is 9.69. The van der Waals surface area contributed by atoms with Crippen LogP contribution < -0.4 is 4.74 Å². The first-order chi connectivity index (χ1) is 16.1. The Hall–Kier alpha value is -1.99. The van der Waals surface area contributed by atoms with Gasteiger partial charge in [0.15, 0.2) is 0 Å². The van der Waals surface area contributed by atoms with Crippen molar-refractivity contribution in [2.24, 2.45) is 0 Å². The van der Waals surface area contributed by atoms with Crippen LogP contribution in [0.3, 0.4) is 0 Å². The first-order valence-electron chi connectivity index (χ1n) is 11.9. The first-order valence-corrected chi connectivity index (χ1v) is 12.9. The zero-order valence-corrected chi connectivity index (χ0v) is 20.5. The van der Waals surface area contributed by atoms with Gasteiger partial charge in [-0.15, -0.1) is 11.8 Å². The van der Waals surface area contributed by atoms with Crippen molar-refractivity contribution in [3.05, 3.63) is 42.5 Å². The molecule has 1 heterocycles. The van der Waals surface area contributed by atoms with Crippen molar-refractivity contribution < 1.29 is 24.1 Å². The van der Waals surface area contributed by atoms with Gasteiger partial charge >= 0.3 is 0 Å². The molecular weight excluding hydrogens is 436 g/mol. The number of aromatic hydroxyl groups is 1. The monoisotopic (exact) mass is 470 g/mol. The molecule has 1 fully saturated rings. The minimum Gasteiger partial charge on any atom is -0.507 e. The van der Waals surface area contributed by atoms with Crippen LogP contribution in [0.25, 0.3) is 21.5 Å². The first kappa shape index (κ1) is 24.1. The van der Waals surface area contributed by atoms with Crippen LogP contribution in [0.2, 0.25) is 0 Å². The lowest BCUT2D eigenvalue weighted by Crippen LogP contribution is -2.28. The van der Waals surface area contributed by atoms with Crippen molar-refractivity contribution in [3.63, 3.8) is 0 Å². The SMILES string of the molecule is CCSc1ccc2c(OCC(CC)OCC(CC)OCC3CO3)c3ccccc3c(O)c2c1. The molecule has 0 radical (unpaired) electrons. The summed E-state index contributed by atoms with van der Waals surface area (Å²) in [6, 6.07) is 14.1. The van der Waals surface area contributed by atoms with Crippen molar-refractivity contribution in [2.45, 2.75) is 56.8 Å². The second kappa shape index (κ2) is 11.4. The van der Waals surface area contributed by atoms with E-state index in [1.807, 2.05) is 24.3 Å². The summed E-state index contributed by atoms with van der Waals surface area (Å²) in [4.78, 5) is 1.14. The Morgan fingerprint density at radius 2 is 1.64 bits per heavy atom. The summed E-state index contributed by atoms with van der Waals surface area (Å²) < 4.78 is 23.7. The van der Waals surface area contributed by atoms with Gasteiger partial charge in [-0.1, -0.05) is 45.0 Å². The van der Waals surface area contributed by atoms with E-state index in [2.05, 4.69) is 39.0 Å². The lowest BCUT2D eigenvalue weighted by Gasteiger charge is -2.22. The predicted molar refractivity (Wildman–Crippen MR) is 135 cm³/mol. The summed E-state index contributed by atoms with van der Waals surface area (Å²) in [5.41, 5.74) is 0. The highest BCUT2D eigenvalue weighted by molar-refractivity contribution is 7.99. The maximum atomic E-state index is 11.0. The van der Waals surface area contributed by atoms with Crippen molar-refractivity contribution in [3.8, 4) is 11.5 Å². The number of epoxide rings is 1. The Bertz CT molecular complexity index is 1070. The van der Waals surface area contributed by atoms with Gasteiger partial charge in [-0.05, 0) is 36.8 Å². The lowest BCUT2D eigenvalue weighted by atomic mass is 10.0. The molecule has 178 valence electrons. The third-order valence-corrected chi connectivity index (χ3v) is 6.87. The van der Waals surface area contributed by atoms with Gasteiger partial charge in [0.25, 0.3) is 0 Å². The van der Waals surface area contributed by atoms with E-state index in [9.17, 15) is 5.11 Å². The number of phenols is 1. The largest absolute Gasteiger partial charge is 0.507 e. The van der Waals surface area contributed by atoms with Crippen LogP contribution in [0.15, 0.2) is 47.4 Å². The Labute approximate surface area is 200 Å². The van der Waals surface area contributed by atoms with Crippen molar-refractivity contribution in [1.82, 2.24) is 0 Å². The molecule has 0 amide bonds. The van der Waals surface area contributed by atoms with Gasteiger partial charge in [0.2, 0.25) is 0 Å². The van der Waals surface area contributed by atoms with Crippen molar-refractivity contribution >= 4 is 33.3 Å². The zero-order chi connectivity index (χ0) is 23.2. The van der Waals surface area contributed by atoms with Crippen LogP contribution >= 0.6 is 11.8 Å². The normalized spacial score (nSPS) is 17.4. The van der Waals surface area contributed by atoms with E-state index >= 15 is 0 Å². The van der Waals surface area contributed by atoms with Crippen LogP contribution in [0, 0.1) is 0 Å². The van der Waals surface area contributed by atoms with Gasteiger partial charge in [-0.2, -0.15) is 0 Å². The highest BCUT2D eigenvalue weighted by Crippen LogP contribution is 2.43. The Morgan fingerprint density at radius 3 is 2.33 bits per heavy atom. The summed E-state index contributed by atoms with van der Waals surface area (Å²) in [5, 5.41) is 14.4. The van der Waals surface area contributed by atoms with Gasteiger partial charge < -0.3 is 24.1 Å². The number of hydrogen-bond donors (Lipinski definition) is 1. The van der Waals surface area contributed by atoms with E-state index in [0.717, 1.165) is 57.4 Å². The molecule has 3 aromatic carbocycles. The van der Waals surface area contributed by atoms with Gasteiger partial charge in [0.1, 0.15) is 24.2 Å². The van der Waals surface area contributed by atoms with E-state index in [0.29, 0.717) is 25.6 Å². The van der Waals surface area contributed by atoms with E-state index in [1.54, 1.807) is 11.8 Å². The minimum atomic E-state index is -0.0441. The molecule has 5 nitrogen and oxygen atoms in total. The molecule has 3 unspecified atom stereocenters. The highest BCUT2D eigenvalue weighted by Gasteiger charge is 2.24. The zero-order valence-electron chi connectivity index (χ0n) is 19.7. The molecule has 6 heteroatoms. The molecule has 3 aromatic rings. The van der Waals surface area contributed by atoms with Crippen LogP contribution in [0.5, 0.6) is 11.5 Å². The number of phenolic OH excluding ortho intramolecular Hbond substituents is 1. The third kappa shape index (κ3) is 5.93. The maximum absolute atomic E-state index is 11.0. The predicted octanol–water partition coefficient (Wildman–Crippen LogP) is 6.18. The Morgan fingerprint density at radius 1 is 0.939 bits per heavy atom. The summed E-state index contributed by atoms with van der Waals surface area (Å²) in [6.07, 6.45) is 2.02. The molecule has 1 aliphatic heterocycles. The lowest BCUT2D eigenvalue weighted by molar-refractivity contribution is -0.0593. The molecule has 1 saturated heterocycles. The molecule has 33 heavy (non-hydrogen) atoms. The number of ether oxygens (including phenoxy) is 4. The molecule has 0 spiro atoms. The second-order valence-electron chi connectivity index (χ2n) is 8.36. The summed E-state index contributed by atoms with van der Waals surface area (Å²) >= 11 is 1.76. The fourth-order valence-electron chi connectivity index (χ4n) is 3.90. The van der Waals surface area contributed by atoms with Crippen LogP contribution in [-0.2, 0) is 14.2 Å². The molecule has 0 bridgehead atoms. The van der Waals surface area contributed by atoms with Crippen molar-refractivity contribution in [2.75, 3.05) is 32.2 Å². The smallest absolute Gasteiger partial charge is 0.135 e. The summed E-state index contributed by atoms with van der Waals surface area (Å²) in [5.74, 6) is 2.08. The molecule has 3 atom stereocenters. The fourth-order valence-corrected chi connectivity index (χ4v) is 4.60. The van der Waals surface area contributed by atoms with Gasteiger partial charge in [-0.25, -0.2) is 0 Å². The van der Waals surface area contributed by atoms with E-state index < -0.39 is 0 Å². The molecular formula is C27H34O5S. The number of rotatable bonds is 13. The molecule has 4 rings (SSSR count). The number of thioether (sulfide) groups is 1. The minimum absolute atomic E-state index is 0.0441. The van der Waals surface area contributed by atoms with E-state index in [-0.39, 0.29) is 18.3 Å². The van der Waals surface area contributed by atoms with Gasteiger partial charge in [0.05, 0.1) is 32.0 Å². The van der Waals surface area contributed by atoms with Gasteiger partial charge in [-0.3, -0.25) is 0 Å². The average molecular weight is 471 g/mol. The maximum Gasteiger partial charge on any atom is 0.135 e. The third-order valence-electron chi connectivity index (χ3n) is 5.99. The molecule has 0 aliphatic carbocycles. The molecule has 1 aliphatic rings. The van der Waals surface area contributed by atoms with E-state index in [1.165, 1.54) is 0 Å². The van der Waals surface area contributed by atoms with Crippen LogP contribution in [-0.4, -0.2) is 55.6 Å². The average Bonchev–Trinajstić information content (AvgIpc) is 3.67. The Balaban J connectivity index is 1.52. The standard InChI is InChI=1S/C27H34O5S/c1-4-18(30-16-20-17-31-20)14-29-19(5-2)15-32-27-23-10-8-7-9-22(23)26(28)25-13-21(33-6-3)11-12-24(25)27/h7-13,18-20,28H,4-6,14-17H2,1-3H3. The van der Waals surface area contributed by atoms with E-state index in [4.69, 9.17) is 18.9 Å². The van der Waals surface area contributed by atoms with Crippen molar-refractivity contribution in [1.29, 1.82) is 0 Å². The number of benzene rings is 3. The molecule has 0 saturated carbocycles. The quantitative estimate of drug-likeness (QED) is 0.183. The fraction of sp³-hybridized carbons (Fsp3) is 0.481. The molecule has 1 N–H and O–H groups in total. The summed E-state index contributed by atoms with van der Waals surface area (Å²) in [7, 11) is 0. The highest BCUT2D eigenvalue weighted by atomic mass is 32.2. The van der Waals surface area contributed by atoms with Crippen LogP contribution in [0.4, 0.5) is 0 Å². The number of fused-ring (bicyclic) bond motifs is 2. The molecule has 0 aromatic heterocycles. The topological polar surface area (TPSA) is 60.5 Å². The van der Waals surface area contributed by atoms with Gasteiger partial charge in [0, 0.05) is 26.4 Å². The Kier molecular flexibility index (Phi) is 8.36. The summed E-state index contributed by atoms with van der Waals surface area (Å²) in [6.45, 7) is 8.76.